The van der Waals surface area contributed by atoms with E-state index in [1.54, 1.807) is 22.8 Å². The molecule has 0 bridgehead atoms. The molecule has 3 rings (SSSR count). The van der Waals surface area contributed by atoms with E-state index in [9.17, 15) is 9.59 Å². The number of carbonyl (C=O) groups excluding carboxylic acids is 2. The van der Waals surface area contributed by atoms with Crippen LogP contribution in [-0.4, -0.2) is 46.4 Å². The lowest BCUT2D eigenvalue weighted by Crippen LogP contribution is -2.51. The van der Waals surface area contributed by atoms with Gasteiger partial charge in [0.2, 0.25) is 11.7 Å². The van der Waals surface area contributed by atoms with Gasteiger partial charge in [-0.05, 0) is 12.0 Å². The maximum atomic E-state index is 12.9. The van der Waals surface area contributed by atoms with Crippen LogP contribution in [0.3, 0.4) is 0 Å². The first-order valence-electron chi connectivity index (χ1n) is 8.17. The molecular weight excluding hydrogens is 306 g/mol. The zero-order valence-corrected chi connectivity index (χ0v) is 13.9. The van der Waals surface area contributed by atoms with Gasteiger partial charge in [0, 0.05) is 32.6 Å². The Kier molecular flexibility index (Phi) is 4.64. The molecule has 1 atom stereocenters. The average Bonchev–Trinajstić information content (AvgIpc) is 3.10. The number of aromatic nitrogens is 1. The van der Waals surface area contributed by atoms with Crippen LogP contribution in [0.1, 0.15) is 41.7 Å². The Bertz CT molecular complexity index is 726. The Balaban J connectivity index is 1.89. The number of hydrogen-bond donors (Lipinski definition) is 0. The van der Waals surface area contributed by atoms with Crippen molar-refractivity contribution in [3.63, 3.8) is 0 Å². The Morgan fingerprint density at radius 1 is 1.25 bits per heavy atom. The normalized spacial score (nSPS) is 17.8. The summed E-state index contributed by atoms with van der Waals surface area (Å²) >= 11 is 0. The molecule has 2 heterocycles. The van der Waals surface area contributed by atoms with E-state index in [1.165, 1.54) is 0 Å². The second-order valence-electron chi connectivity index (χ2n) is 5.93. The van der Waals surface area contributed by atoms with Crippen LogP contribution in [0.2, 0.25) is 0 Å². The second-order valence-corrected chi connectivity index (χ2v) is 5.93. The fourth-order valence-electron chi connectivity index (χ4n) is 2.99. The zero-order valence-electron chi connectivity index (χ0n) is 13.9. The van der Waals surface area contributed by atoms with E-state index in [0.717, 1.165) is 17.7 Å². The molecule has 1 unspecified atom stereocenters. The van der Waals surface area contributed by atoms with Crippen LogP contribution in [0.5, 0.6) is 0 Å². The molecule has 6 nitrogen and oxygen atoms in total. The first-order valence-corrected chi connectivity index (χ1v) is 8.17. The third kappa shape index (κ3) is 3.18. The molecule has 6 heteroatoms. The smallest absolute Gasteiger partial charge is 0.293 e. The summed E-state index contributed by atoms with van der Waals surface area (Å²) in [7, 11) is 0. The minimum Gasteiger partial charge on any atom is -0.351 e. The van der Waals surface area contributed by atoms with E-state index in [4.69, 9.17) is 4.52 Å². The molecule has 1 aromatic carbocycles. The first kappa shape index (κ1) is 16.2. The molecule has 2 amide bonds. The van der Waals surface area contributed by atoms with Gasteiger partial charge in [-0.15, -0.1) is 0 Å². The average molecular weight is 327 g/mol. The minimum atomic E-state index is -0.188. The van der Waals surface area contributed by atoms with Crippen LogP contribution >= 0.6 is 0 Å². The fraction of sp³-hybridized carbons (Fsp3) is 0.389. The first-order chi connectivity index (χ1) is 11.6. The van der Waals surface area contributed by atoms with E-state index in [0.29, 0.717) is 19.6 Å². The third-order valence-corrected chi connectivity index (χ3v) is 4.40. The van der Waals surface area contributed by atoms with Gasteiger partial charge in [0.05, 0.1) is 11.7 Å². The Morgan fingerprint density at radius 3 is 2.62 bits per heavy atom. The van der Waals surface area contributed by atoms with Gasteiger partial charge >= 0.3 is 0 Å². The molecule has 1 saturated heterocycles. The lowest BCUT2D eigenvalue weighted by Gasteiger charge is -2.41. The maximum absolute atomic E-state index is 12.9. The van der Waals surface area contributed by atoms with Crippen molar-refractivity contribution >= 4 is 11.8 Å². The molecule has 0 radical (unpaired) electrons. The summed E-state index contributed by atoms with van der Waals surface area (Å²) in [6.45, 7) is 5.01. The van der Waals surface area contributed by atoms with Gasteiger partial charge in [-0.25, -0.2) is 0 Å². The largest absolute Gasteiger partial charge is 0.351 e. The van der Waals surface area contributed by atoms with E-state index < -0.39 is 0 Å². The summed E-state index contributed by atoms with van der Waals surface area (Å²) < 4.78 is 5.21. The van der Waals surface area contributed by atoms with Crippen LogP contribution in [-0.2, 0) is 11.2 Å². The number of aryl methyl sites for hydroxylation is 1. The minimum absolute atomic E-state index is 0.0240. The highest BCUT2D eigenvalue weighted by Gasteiger charge is 2.34. The summed E-state index contributed by atoms with van der Waals surface area (Å²) in [5, 5.41) is 3.90. The summed E-state index contributed by atoms with van der Waals surface area (Å²) in [4.78, 5) is 28.2. The number of carbonyl (C=O) groups is 2. The monoisotopic (exact) mass is 327 g/mol. The van der Waals surface area contributed by atoms with E-state index >= 15 is 0 Å². The van der Waals surface area contributed by atoms with Gasteiger partial charge in [-0.3, -0.25) is 9.59 Å². The van der Waals surface area contributed by atoms with Gasteiger partial charge in [-0.2, -0.15) is 0 Å². The number of amides is 2. The van der Waals surface area contributed by atoms with Crippen molar-refractivity contribution < 1.29 is 14.1 Å². The van der Waals surface area contributed by atoms with Crippen LogP contribution in [0.4, 0.5) is 0 Å². The van der Waals surface area contributed by atoms with Crippen LogP contribution in [0, 0.1) is 0 Å². The maximum Gasteiger partial charge on any atom is 0.293 e. The molecule has 1 aromatic heterocycles. The summed E-state index contributed by atoms with van der Waals surface area (Å²) in [5.74, 6) is 0.0966. The van der Waals surface area contributed by atoms with Gasteiger partial charge < -0.3 is 14.3 Å². The number of benzene rings is 1. The highest BCUT2D eigenvalue weighted by molar-refractivity contribution is 5.92. The molecule has 24 heavy (non-hydrogen) atoms. The van der Waals surface area contributed by atoms with Gasteiger partial charge in [0.1, 0.15) is 0 Å². The van der Waals surface area contributed by atoms with Crippen molar-refractivity contribution in [1.82, 2.24) is 15.0 Å². The number of rotatable bonds is 3. The van der Waals surface area contributed by atoms with E-state index in [2.05, 4.69) is 5.16 Å². The molecule has 1 aliphatic rings. The molecule has 1 aliphatic heterocycles. The number of piperazine rings is 1. The molecule has 0 spiro atoms. The van der Waals surface area contributed by atoms with Crippen LogP contribution < -0.4 is 0 Å². The second kappa shape index (κ2) is 6.86. The van der Waals surface area contributed by atoms with E-state index in [-0.39, 0.29) is 23.6 Å². The molecule has 0 saturated carbocycles. The molecular formula is C18H21N3O3. The van der Waals surface area contributed by atoms with Crippen molar-refractivity contribution in [3.05, 3.63) is 53.4 Å². The topological polar surface area (TPSA) is 66.7 Å². The zero-order chi connectivity index (χ0) is 17.1. The SMILES string of the molecule is CCc1cc(C(=O)N2CCN(C(C)=O)CC2c2ccccc2)on1. The summed E-state index contributed by atoms with van der Waals surface area (Å²) in [6, 6.07) is 11.3. The Morgan fingerprint density at radius 2 is 2.00 bits per heavy atom. The fourth-order valence-corrected chi connectivity index (χ4v) is 2.99. The highest BCUT2D eigenvalue weighted by atomic mass is 16.5. The predicted octanol–water partition coefficient (Wildman–Crippen LogP) is 2.28. The van der Waals surface area contributed by atoms with Gasteiger partial charge in [-0.1, -0.05) is 42.4 Å². The van der Waals surface area contributed by atoms with Crippen LogP contribution in [0.25, 0.3) is 0 Å². The van der Waals surface area contributed by atoms with Gasteiger partial charge in [0.15, 0.2) is 0 Å². The van der Waals surface area contributed by atoms with Gasteiger partial charge in [0.25, 0.3) is 5.91 Å². The quantitative estimate of drug-likeness (QED) is 0.867. The summed E-state index contributed by atoms with van der Waals surface area (Å²) in [6.07, 6.45) is 0.719. The predicted molar refractivity (Wildman–Crippen MR) is 88.4 cm³/mol. The molecule has 0 aliphatic carbocycles. The third-order valence-electron chi connectivity index (χ3n) is 4.40. The molecule has 0 N–H and O–H groups in total. The molecule has 126 valence electrons. The number of nitrogens with zero attached hydrogens (tertiary/aromatic N) is 3. The lowest BCUT2D eigenvalue weighted by molar-refractivity contribution is -0.131. The Hall–Kier alpha value is -2.63. The van der Waals surface area contributed by atoms with Crippen LogP contribution in [0.15, 0.2) is 40.9 Å². The van der Waals surface area contributed by atoms with E-state index in [1.807, 2.05) is 37.3 Å². The molecule has 1 fully saturated rings. The number of hydrogen-bond acceptors (Lipinski definition) is 4. The Labute approximate surface area is 141 Å². The standard InChI is InChI=1S/C18H21N3O3/c1-3-15-11-17(24-19-15)18(23)21-10-9-20(13(2)22)12-16(21)14-7-5-4-6-8-14/h4-8,11,16H,3,9-10,12H2,1-2H3. The summed E-state index contributed by atoms with van der Waals surface area (Å²) in [5.41, 5.74) is 1.77. The van der Waals surface area contributed by atoms with Crippen molar-refractivity contribution in [3.8, 4) is 0 Å². The highest BCUT2D eigenvalue weighted by Crippen LogP contribution is 2.27. The van der Waals surface area contributed by atoms with Crippen molar-refractivity contribution in [2.24, 2.45) is 0 Å². The van der Waals surface area contributed by atoms with Crippen molar-refractivity contribution in [1.29, 1.82) is 0 Å². The van der Waals surface area contributed by atoms with Crippen molar-refractivity contribution in [2.75, 3.05) is 19.6 Å². The lowest BCUT2D eigenvalue weighted by atomic mass is 10.0. The molecule has 2 aromatic rings. The van der Waals surface area contributed by atoms with Crippen molar-refractivity contribution in [2.45, 2.75) is 26.3 Å².